The lowest BCUT2D eigenvalue weighted by Crippen LogP contribution is -2.46. The number of benzene rings is 1. The smallest absolute Gasteiger partial charge is 0.253 e. The van der Waals surface area contributed by atoms with Crippen molar-refractivity contribution in [2.75, 3.05) is 13.2 Å². The lowest BCUT2D eigenvalue weighted by Gasteiger charge is -2.17. The second kappa shape index (κ2) is 7.49. The van der Waals surface area contributed by atoms with E-state index >= 15 is 0 Å². The summed E-state index contributed by atoms with van der Waals surface area (Å²) in [6.45, 7) is -0.286. The van der Waals surface area contributed by atoms with Gasteiger partial charge in [0.25, 0.3) is 5.91 Å². The molecule has 5 N–H and O–H groups in total. The zero-order chi connectivity index (χ0) is 18.7. The van der Waals surface area contributed by atoms with Gasteiger partial charge in [-0.25, -0.2) is 0 Å². The van der Waals surface area contributed by atoms with Crippen LogP contribution in [0.3, 0.4) is 0 Å². The standard InChI is InChI=1S/C18H20N4O4/c19-16(24)13-7-14(13)18(26)22-11(9-23)8-21-17(25)12-5-1-3-10-4-2-6-20-15(10)12/h1-6,11,13-14,23H,7-9H2,(H2,19,24)(H,21,25)(H,22,26)/t11?,13-,14+/m1/s1. The first-order chi connectivity index (χ1) is 12.5. The summed E-state index contributed by atoms with van der Waals surface area (Å²) in [5.41, 5.74) is 6.17. The molecule has 26 heavy (non-hydrogen) atoms. The van der Waals surface area contributed by atoms with E-state index in [1.807, 2.05) is 12.1 Å². The van der Waals surface area contributed by atoms with E-state index in [1.165, 1.54) is 0 Å². The molecule has 1 saturated carbocycles. The van der Waals surface area contributed by atoms with Gasteiger partial charge in [0.05, 0.1) is 35.6 Å². The number of pyridine rings is 1. The molecule has 8 heteroatoms. The summed E-state index contributed by atoms with van der Waals surface area (Å²) in [5, 5.41) is 15.6. The number of para-hydroxylation sites is 1. The summed E-state index contributed by atoms with van der Waals surface area (Å²) in [5.74, 6) is -2.06. The number of fused-ring (bicyclic) bond motifs is 1. The molecule has 1 heterocycles. The minimum absolute atomic E-state index is 0.0538. The summed E-state index contributed by atoms with van der Waals surface area (Å²) in [6.07, 6.45) is 2.04. The monoisotopic (exact) mass is 356 g/mol. The number of hydrogen-bond acceptors (Lipinski definition) is 5. The Balaban J connectivity index is 1.59. The number of hydrogen-bond donors (Lipinski definition) is 4. The van der Waals surface area contributed by atoms with Crippen LogP contribution in [0, 0.1) is 11.8 Å². The SMILES string of the molecule is NC(=O)[C@@H]1C[C@@H]1C(=O)NC(CO)CNC(=O)c1cccc2cccnc12. The summed E-state index contributed by atoms with van der Waals surface area (Å²) >= 11 is 0. The Morgan fingerprint density at radius 1 is 1.23 bits per heavy atom. The lowest BCUT2D eigenvalue weighted by atomic mass is 10.1. The first-order valence-electron chi connectivity index (χ1n) is 8.33. The molecule has 3 amide bonds. The van der Waals surface area contributed by atoms with Gasteiger partial charge in [0.2, 0.25) is 11.8 Å². The number of nitrogens with zero attached hydrogens (tertiary/aromatic N) is 1. The average molecular weight is 356 g/mol. The number of aromatic nitrogens is 1. The molecule has 136 valence electrons. The van der Waals surface area contributed by atoms with Crippen LogP contribution < -0.4 is 16.4 Å². The van der Waals surface area contributed by atoms with Crippen molar-refractivity contribution >= 4 is 28.6 Å². The molecule has 1 unspecified atom stereocenters. The number of carbonyl (C=O) groups excluding carboxylic acids is 3. The maximum absolute atomic E-state index is 12.4. The highest BCUT2D eigenvalue weighted by molar-refractivity contribution is 6.05. The molecule has 3 atom stereocenters. The van der Waals surface area contributed by atoms with Crippen molar-refractivity contribution in [1.82, 2.24) is 15.6 Å². The third-order valence-electron chi connectivity index (χ3n) is 4.45. The summed E-state index contributed by atoms with van der Waals surface area (Å²) in [4.78, 5) is 39.7. The largest absolute Gasteiger partial charge is 0.394 e. The van der Waals surface area contributed by atoms with Crippen LogP contribution in [0.15, 0.2) is 36.5 Å². The summed E-state index contributed by atoms with van der Waals surface area (Å²) in [6, 6.07) is 8.29. The first kappa shape index (κ1) is 17.8. The highest BCUT2D eigenvalue weighted by Gasteiger charge is 2.47. The van der Waals surface area contributed by atoms with E-state index in [2.05, 4.69) is 15.6 Å². The molecule has 1 fully saturated rings. The summed E-state index contributed by atoms with van der Waals surface area (Å²) < 4.78 is 0. The molecule has 0 aliphatic heterocycles. The van der Waals surface area contributed by atoms with E-state index in [0.717, 1.165) is 5.39 Å². The normalized spacial score (nSPS) is 19.6. The number of aliphatic hydroxyl groups excluding tert-OH is 1. The number of amides is 3. The molecule has 3 rings (SSSR count). The third-order valence-corrected chi connectivity index (χ3v) is 4.45. The van der Waals surface area contributed by atoms with E-state index in [4.69, 9.17) is 5.73 Å². The minimum atomic E-state index is -0.650. The number of nitrogens with two attached hydrogens (primary N) is 1. The lowest BCUT2D eigenvalue weighted by molar-refractivity contribution is -0.126. The van der Waals surface area contributed by atoms with Crippen molar-refractivity contribution in [3.8, 4) is 0 Å². The van der Waals surface area contributed by atoms with Gasteiger partial charge in [0.15, 0.2) is 0 Å². The molecule has 0 bridgehead atoms. The van der Waals surface area contributed by atoms with Crippen molar-refractivity contribution in [3.05, 3.63) is 42.1 Å². The summed E-state index contributed by atoms with van der Waals surface area (Å²) in [7, 11) is 0. The van der Waals surface area contributed by atoms with Gasteiger partial charge in [0, 0.05) is 18.1 Å². The van der Waals surface area contributed by atoms with Gasteiger partial charge in [-0.05, 0) is 18.6 Å². The van der Waals surface area contributed by atoms with Crippen LogP contribution in [0.25, 0.3) is 10.9 Å². The molecule has 1 aliphatic carbocycles. The topological polar surface area (TPSA) is 134 Å². The van der Waals surface area contributed by atoms with Gasteiger partial charge < -0.3 is 21.5 Å². The first-order valence-corrected chi connectivity index (χ1v) is 8.33. The fourth-order valence-corrected chi connectivity index (χ4v) is 2.87. The molecule has 0 spiro atoms. The second-order valence-corrected chi connectivity index (χ2v) is 6.33. The van der Waals surface area contributed by atoms with Crippen molar-refractivity contribution < 1.29 is 19.5 Å². The van der Waals surface area contributed by atoms with Gasteiger partial charge in [-0.3, -0.25) is 19.4 Å². The van der Waals surface area contributed by atoms with Crippen LogP contribution in [0.2, 0.25) is 0 Å². The molecule has 2 aromatic rings. The highest BCUT2D eigenvalue weighted by Crippen LogP contribution is 2.38. The van der Waals surface area contributed by atoms with E-state index in [9.17, 15) is 19.5 Å². The maximum atomic E-state index is 12.4. The van der Waals surface area contributed by atoms with Crippen molar-refractivity contribution in [2.24, 2.45) is 17.6 Å². The minimum Gasteiger partial charge on any atom is -0.394 e. The van der Waals surface area contributed by atoms with Crippen molar-refractivity contribution in [1.29, 1.82) is 0 Å². The highest BCUT2D eigenvalue weighted by atomic mass is 16.3. The number of carbonyl (C=O) groups is 3. The second-order valence-electron chi connectivity index (χ2n) is 6.33. The van der Waals surface area contributed by atoms with Gasteiger partial charge in [-0.15, -0.1) is 0 Å². The van der Waals surface area contributed by atoms with Crippen LogP contribution in [0.4, 0.5) is 0 Å². The van der Waals surface area contributed by atoms with Crippen LogP contribution in [0.1, 0.15) is 16.8 Å². The number of nitrogens with one attached hydrogen (secondary N) is 2. The maximum Gasteiger partial charge on any atom is 0.253 e. The molecule has 0 saturated heterocycles. The van der Waals surface area contributed by atoms with Crippen LogP contribution in [-0.4, -0.2) is 47.0 Å². The fourth-order valence-electron chi connectivity index (χ4n) is 2.87. The molecule has 1 aliphatic rings. The predicted octanol–water partition coefficient (Wildman–Crippen LogP) is -0.437. The predicted molar refractivity (Wildman–Crippen MR) is 93.9 cm³/mol. The van der Waals surface area contributed by atoms with Gasteiger partial charge >= 0.3 is 0 Å². The quantitative estimate of drug-likeness (QED) is 0.534. The van der Waals surface area contributed by atoms with E-state index in [1.54, 1.807) is 24.4 Å². The Morgan fingerprint density at radius 3 is 2.69 bits per heavy atom. The Hall–Kier alpha value is -3.00. The molecule has 0 radical (unpaired) electrons. The van der Waals surface area contributed by atoms with E-state index in [0.29, 0.717) is 17.5 Å². The molecular formula is C18H20N4O4. The van der Waals surface area contributed by atoms with Gasteiger partial charge in [-0.1, -0.05) is 18.2 Å². The van der Waals surface area contributed by atoms with E-state index in [-0.39, 0.29) is 25.0 Å². The molecule has 8 nitrogen and oxygen atoms in total. The van der Waals surface area contributed by atoms with Crippen LogP contribution in [-0.2, 0) is 9.59 Å². The Labute approximate surface area is 149 Å². The third kappa shape index (κ3) is 3.80. The Bertz CT molecular complexity index is 849. The zero-order valence-corrected chi connectivity index (χ0v) is 14.0. The molecule has 1 aromatic heterocycles. The van der Waals surface area contributed by atoms with Crippen LogP contribution in [0.5, 0.6) is 0 Å². The Kier molecular flexibility index (Phi) is 5.13. The van der Waals surface area contributed by atoms with Crippen LogP contribution >= 0.6 is 0 Å². The van der Waals surface area contributed by atoms with Gasteiger partial charge in [0.1, 0.15) is 0 Å². The van der Waals surface area contributed by atoms with Crippen molar-refractivity contribution in [3.63, 3.8) is 0 Å². The zero-order valence-electron chi connectivity index (χ0n) is 14.0. The number of aliphatic hydroxyl groups is 1. The molecular weight excluding hydrogens is 336 g/mol. The average Bonchev–Trinajstić information content (AvgIpc) is 3.45. The van der Waals surface area contributed by atoms with E-state index < -0.39 is 23.8 Å². The Morgan fingerprint density at radius 2 is 2.00 bits per heavy atom. The fraction of sp³-hybridized carbons (Fsp3) is 0.333. The number of primary amides is 1. The van der Waals surface area contributed by atoms with Gasteiger partial charge in [-0.2, -0.15) is 0 Å². The molecule has 1 aromatic carbocycles. The van der Waals surface area contributed by atoms with Crippen molar-refractivity contribution in [2.45, 2.75) is 12.5 Å². The number of rotatable bonds is 7.